The smallest absolute Gasteiger partial charge is 0.262 e. The van der Waals surface area contributed by atoms with Crippen LogP contribution in [-0.4, -0.2) is 16.7 Å². The molecule has 0 spiro atoms. The normalized spacial score (nSPS) is 10.8. The van der Waals surface area contributed by atoms with Crippen LogP contribution in [0.2, 0.25) is 0 Å². The number of unbranched alkanes of at least 4 members (excludes halogenated alkanes) is 1. The number of nitrogens with zero attached hydrogens (tertiary/aromatic N) is 3. The highest BCUT2D eigenvalue weighted by Crippen LogP contribution is 2.37. The Kier molecular flexibility index (Phi) is 4.86. The van der Waals surface area contributed by atoms with Crippen LogP contribution in [0.5, 0.6) is 5.75 Å². The van der Waals surface area contributed by atoms with Crippen molar-refractivity contribution in [1.29, 1.82) is 5.26 Å². The lowest BCUT2D eigenvalue weighted by Crippen LogP contribution is -2.20. The van der Waals surface area contributed by atoms with Crippen LogP contribution in [0.15, 0.2) is 29.3 Å². The van der Waals surface area contributed by atoms with Gasteiger partial charge in [0.15, 0.2) is 0 Å². The second-order valence-corrected chi connectivity index (χ2v) is 7.11. The van der Waals surface area contributed by atoms with Gasteiger partial charge in [0.25, 0.3) is 5.56 Å². The monoisotopic (exact) mass is 353 g/mol. The van der Waals surface area contributed by atoms with Crippen molar-refractivity contribution in [3.8, 4) is 22.9 Å². The zero-order valence-electron chi connectivity index (χ0n) is 14.5. The molecule has 2 aromatic heterocycles. The molecule has 0 saturated carbocycles. The number of nitriles is 1. The van der Waals surface area contributed by atoms with Gasteiger partial charge in [-0.25, -0.2) is 4.98 Å². The summed E-state index contributed by atoms with van der Waals surface area (Å²) >= 11 is 1.53. The number of aryl methyl sites for hydroxylation is 3. The average molecular weight is 353 g/mol. The molecular formula is C19H19N3O2S. The molecule has 0 N–H and O–H groups in total. The van der Waals surface area contributed by atoms with E-state index in [4.69, 9.17) is 10.00 Å². The van der Waals surface area contributed by atoms with Crippen LogP contribution in [0.25, 0.3) is 21.3 Å². The van der Waals surface area contributed by atoms with Crippen LogP contribution in [-0.2, 0) is 6.54 Å². The summed E-state index contributed by atoms with van der Waals surface area (Å²) < 4.78 is 6.93. The van der Waals surface area contributed by atoms with Gasteiger partial charge in [0.05, 0.1) is 24.9 Å². The van der Waals surface area contributed by atoms with Crippen LogP contribution in [0.4, 0.5) is 0 Å². The molecule has 2 heterocycles. The molecule has 0 aliphatic heterocycles. The van der Waals surface area contributed by atoms with Crippen molar-refractivity contribution in [1.82, 2.24) is 9.55 Å². The van der Waals surface area contributed by atoms with Gasteiger partial charge in [-0.1, -0.05) is 6.07 Å². The highest BCUT2D eigenvalue weighted by molar-refractivity contribution is 7.19. The maximum Gasteiger partial charge on any atom is 0.262 e. The molecular weight excluding hydrogens is 334 g/mol. The second-order valence-electron chi connectivity index (χ2n) is 5.90. The van der Waals surface area contributed by atoms with E-state index in [0.717, 1.165) is 32.1 Å². The molecule has 6 heteroatoms. The van der Waals surface area contributed by atoms with Crippen molar-refractivity contribution in [2.45, 2.75) is 33.2 Å². The summed E-state index contributed by atoms with van der Waals surface area (Å²) in [4.78, 5) is 19.2. The Morgan fingerprint density at radius 3 is 2.84 bits per heavy atom. The first-order valence-corrected chi connectivity index (χ1v) is 8.89. The van der Waals surface area contributed by atoms with Gasteiger partial charge in [-0.05, 0) is 43.5 Å². The predicted molar refractivity (Wildman–Crippen MR) is 100 cm³/mol. The third kappa shape index (κ3) is 3.15. The third-order valence-corrected chi connectivity index (χ3v) is 5.24. The number of thiophene rings is 1. The number of fused-ring (bicyclic) bond motifs is 1. The van der Waals surface area contributed by atoms with E-state index < -0.39 is 0 Å². The molecule has 1 aromatic carbocycles. The summed E-state index contributed by atoms with van der Waals surface area (Å²) in [5, 5.41) is 9.35. The summed E-state index contributed by atoms with van der Waals surface area (Å²) in [5.74, 6) is 0.827. The first kappa shape index (κ1) is 17.2. The van der Waals surface area contributed by atoms with Gasteiger partial charge in [0.2, 0.25) is 0 Å². The first-order valence-electron chi connectivity index (χ1n) is 8.07. The number of hydrogen-bond donors (Lipinski definition) is 0. The van der Waals surface area contributed by atoms with Crippen molar-refractivity contribution >= 4 is 21.6 Å². The lowest BCUT2D eigenvalue weighted by atomic mass is 10.0. The Balaban J connectivity index is 2.16. The molecule has 0 saturated heterocycles. The lowest BCUT2D eigenvalue weighted by molar-refractivity contribution is 0.412. The Hall–Kier alpha value is -2.65. The molecule has 128 valence electrons. The maximum atomic E-state index is 13.0. The van der Waals surface area contributed by atoms with Gasteiger partial charge < -0.3 is 4.74 Å². The molecule has 0 aliphatic rings. The van der Waals surface area contributed by atoms with E-state index in [0.29, 0.717) is 24.8 Å². The van der Waals surface area contributed by atoms with Gasteiger partial charge in [-0.3, -0.25) is 9.36 Å². The fourth-order valence-electron chi connectivity index (χ4n) is 3.01. The maximum absolute atomic E-state index is 13.0. The number of rotatable bonds is 5. The predicted octanol–water partition coefficient (Wildman–Crippen LogP) is 4.05. The average Bonchev–Trinajstić information content (AvgIpc) is 2.94. The molecule has 0 radical (unpaired) electrons. The van der Waals surface area contributed by atoms with Crippen LogP contribution in [0.1, 0.15) is 23.3 Å². The molecule has 0 amide bonds. The highest BCUT2D eigenvalue weighted by atomic mass is 32.1. The zero-order valence-corrected chi connectivity index (χ0v) is 15.3. The van der Waals surface area contributed by atoms with E-state index in [1.807, 2.05) is 32.0 Å². The molecule has 25 heavy (non-hydrogen) atoms. The summed E-state index contributed by atoms with van der Waals surface area (Å²) in [6, 6.07) is 8.05. The number of ether oxygens (including phenoxy) is 1. The summed E-state index contributed by atoms with van der Waals surface area (Å²) in [6.07, 6.45) is 2.66. The molecule has 0 aliphatic carbocycles. The molecule has 0 unspecified atom stereocenters. The number of benzene rings is 1. The quantitative estimate of drug-likeness (QED) is 0.649. The lowest BCUT2D eigenvalue weighted by Gasteiger charge is -2.09. The molecule has 5 nitrogen and oxygen atoms in total. The molecule has 3 aromatic rings. The van der Waals surface area contributed by atoms with Crippen molar-refractivity contribution in [2.75, 3.05) is 7.11 Å². The minimum absolute atomic E-state index is 0.0456. The van der Waals surface area contributed by atoms with E-state index >= 15 is 0 Å². The van der Waals surface area contributed by atoms with E-state index in [2.05, 4.69) is 11.1 Å². The standard InChI is InChI=1S/C19H19N3O2S/c1-12-10-14(6-7-15(12)24-3)16-13(2)25-18-17(16)19(23)22(11-21-18)9-5-4-8-20/h6-7,10-11H,4-5,9H2,1-3H3. The number of methoxy groups -OCH3 is 1. The highest BCUT2D eigenvalue weighted by Gasteiger charge is 2.17. The van der Waals surface area contributed by atoms with E-state index in [1.165, 1.54) is 11.3 Å². The summed E-state index contributed by atoms with van der Waals surface area (Å²) in [7, 11) is 1.65. The van der Waals surface area contributed by atoms with Crippen molar-refractivity contribution < 1.29 is 4.74 Å². The van der Waals surface area contributed by atoms with Crippen molar-refractivity contribution in [3.05, 3.63) is 45.3 Å². The van der Waals surface area contributed by atoms with Crippen molar-refractivity contribution in [2.24, 2.45) is 0 Å². The third-order valence-electron chi connectivity index (χ3n) is 4.23. The fourth-order valence-corrected chi connectivity index (χ4v) is 4.01. The van der Waals surface area contributed by atoms with Gasteiger partial charge in [0.1, 0.15) is 10.6 Å². The number of hydrogen-bond acceptors (Lipinski definition) is 5. The molecule has 3 rings (SSSR count). The summed E-state index contributed by atoms with van der Waals surface area (Å²) in [6.45, 7) is 4.51. The van der Waals surface area contributed by atoms with Gasteiger partial charge in [-0.2, -0.15) is 5.26 Å². The van der Waals surface area contributed by atoms with E-state index in [9.17, 15) is 4.79 Å². The van der Waals surface area contributed by atoms with Gasteiger partial charge in [0, 0.05) is 23.4 Å². The molecule has 0 fully saturated rings. The Bertz CT molecular complexity index is 1030. The SMILES string of the molecule is COc1ccc(-c2c(C)sc3ncn(CCCC#N)c(=O)c23)cc1C. The van der Waals surface area contributed by atoms with E-state index in [-0.39, 0.29) is 5.56 Å². The molecule has 0 atom stereocenters. The van der Waals surface area contributed by atoms with Crippen LogP contribution in [0.3, 0.4) is 0 Å². The second kappa shape index (κ2) is 7.08. The topological polar surface area (TPSA) is 67.9 Å². The van der Waals surface area contributed by atoms with Crippen molar-refractivity contribution in [3.63, 3.8) is 0 Å². The number of aromatic nitrogens is 2. The van der Waals surface area contributed by atoms with Crippen LogP contribution < -0.4 is 10.3 Å². The van der Waals surface area contributed by atoms with Crippen LogP contribution >= 0.6 is 11.3 Å². The largest absolute Gasteiger partial charge is 0.496 e. The Labute approximate surface area is 150 Å². The minimum atomic E-state index is -0.0456. The van der Waals surface area contributed by atoms with Gasteiger partial charge in [-0.15, -0.1) is 11.3 Å². The van der Waals surface area contributed by atoms with Crippen LogP contribution in [0, 0.1) is 25.2 Å². The zero-order chi connectivity index (χ0) is 18.0. The molecule has 0 bridgehead atoms. The summed E-state index contributed by atoms with van der Waals surface area (Å²) in [5.41, 5.74) is 2.92. The minimum Gasteiger partial charge on any atom is -0.496 e. The first-order chi connectivity index (χ1) is 12.1. The van der Waals surface area contributed by atoms with E-state index in [1.54, 1.807) is 18.0 Å². The van der Waals surface area contributed by atoms with Gasteiger partial charge >= 0.3 is 0 Å². The fraction of sp³-hybridized carbons (Fsp3) is 0.316. The Morgan fingerprint density at radius 2 is 2.16 bits per heavy atom. The Morgan fingerprint density at radius 1 is 1.36 bits per heavy atom.